The van der Waals surface area contributed by atoms with Crippen LogP contribution in [-0.4, -0.2) is 36.9 Å². The Morgan fingerprint density at radius 1 is 1.19 bits per heavy atom. The summed E-state index contributed by atoms with van der Waals surface area (Å²) in [5, 5.41) is 3.02. The molecule has 144 valence electrons. The molecular formula is C21H33N3O2. The number of nitrogens with zero attached hydrogens (tertiary/aromatic N) is 2. The maximum atomic E-state index is 12.7. The van der Waals surface area contributed by atoms with E-state index in [2.05, 4.69) is 24.1 Å². The Bertz CT molecular complexity index is 651. The van der Waals surface area contributed by atoms with Crippen LogP contribution in [0.3, 0.4) is 0 Å². The molecule has 0 unspecified atom stereocenters. The molecule has 1 aliphatic carbocycles. The summed E-state index contributed by atoms with van der Waals surface area (Å²) in [6.45, 7) is 8.62. The molecule has 5 nitrogen and oxygen atoms in total. The summed E-state index contributed by atoms with van der Waals surface area (Å²) in [7, 11) is 4.00. The first kappa shape index (κ1) is 20.3. The van der Waals surface area contributed by atoms with E-state index in [1.165, 1.54) is 0 Å². The van der Waals surface area contributed by atoms with E-state index < -0.39 is 0 Å². The first-order valence-corrected chi connectivity index (χ1v) is 9.66. The number of anilines is 2. The van der Waals surface area contributed by atoms with Crippen LogP contribution in [0.4, 0.5) is 11.4 Å². The van der Waals surface area contributed by atoms with Crippen molar-refractivity contribution in [2.75, 3.05) is 24.3 Å². The largest absolute Gasteiger partial charge is 0.377 e. The van der Waals surface area contributed by atoms with Crippen LogP contribution in [0.5, 0.6) is 0 Å². The SMILES string of the molecule is CC[C@@H](C)N(Cc1cc(NC(=O)C2CC2)ccc1N(C)C)C(=O)C(C)C. The monoisotopic (exact) mass is 359 g/mol. The highest BCUT2D eigenvalue weighted by molar-refractivity contribution is 5.94. The van der Waals surface area contributed by atoms with Gasteiger partial charge in [-0.15, -0.1) is 0 Å². The van der Waals surface area contributed by atoms with Crippen LogP contribution in [0, 0.1) is 11.8 Å². The first-order chi connectivity index (χ1) is 12.2. The molecule has 0 saturated heterocycles. The van der Waals surface area contributed by atoms with Crippen molar-refractivity contribution in [1.29, 1.82) is 0 Å². The van der Waals surface area contributed by atoms with Crippen molar-refractivity contribution in [1.82, 2.24) is 4.90 Å². The lowest BCUT2D eigenvalue weighted by Crippen LogP contribution is -2.40. The molecule has 5 heteroatoms. The summed E-state index contributed by atoms with van der Waals surface area (Å²) in [6, 6.07) is 6.15. The predicted molar refractivity (Wildman–Crippen MR) is 107 cm³/mol. The maximum Gasteiger partial charge on any atom is 0.227 e. The van der Waals surface area contributed by atoms with Crippen LogP contribution in [-0.2, 0) is 16.1 Å². The van der Waals surface area contributed by atoms with E-state index in [1.807, 2.05) is 51.0 Å². The first-order valence-electron chi connectivity index (χ1n) is 9.66. The number of carbonyl (C=O) groups is 2. The second-order valence-electron chi connectivity index (χ2n) is 7.88. The minimum absolute atomic E-state index is 0.0374. The Hall–Kier alpha value is -2.04. The number of carbonyl (C=O) groups excluding carboxylic acids is 2. The van der Waals surface area contributed by atoms with E-state index in [9.17, 15) is 9.59 Å². The molecule has 0 radical (unpaired) electrons. The van der Waals surface area contributed by atoms with Crippen molar-refractivity contribution in [3.63, 3.8) is 0 Å². The zero-order valence-corrected chi connectivity index (χ0v) is 17.0. The van der Waals surface area contributed by atoms with Gasteiger partial charge >= 0.3 is 0 Å². The fraction of sp³-hybridized carbons (Fsp3) is 0.619. The molecule has 1 aliphatic rings. The van der Waals surface area contributed by atoms with Crippen molar-refractivity contribution in [3.05, 3.63) is 23.8 Å². The summed E-state index contributed by atoms with van der Waals surface area (Å²) in [5.41, 5.74) is 2.93. The lowest BCUT2D eigenvalue weighted by atomic mass is 10.1. The number of nitrogens with one attached hydrogen (secondary N) is 1. The van der Waals surface area contributed by atoms with Gasteiger partial charge in [0.05, 0.1) is 0 Å². The second kappa shape index (κ2) is 8.56. The Labute approximate surface area is 157 Å². The van der Waals surface area contributed by atoms with E-state index in [0.717, 1.165) is 36.2 Å². The molecule has 0 bridgehead atoms. The van der Waals surface area contributed by atoms with Crippen molar-refractivity contribution in [2.45, 2.75) is 59.5 Å². The highest BCUT2D eigenvalue weighted by Gasteiger charge is 2.30. The average Bonchev–Trinajstić information content (AvgIpc) is 3.43. The topological polar surface area (TPSA) is 52.7 Å². The minimum atomic E-state index is -0.0374. The van der Waals surface area contributed by atoms with Gasteiger partial charge in [0, 0.05) is 49.9 Å². The second-order valence-corrected chi connectivity index (χ2v) is 7.88. The van der Waals surface area contributed by atoms with Crippen molar-refractivity contribution in [3.8, 4) is 0 Å². The smallest absolute Gasteiger partial charge is 0.227 e. The number of hydrogen-bond donors (Lipinski definition) is 1. The van der Waals surface area contributed by atoms with Gasteiger partial charge in [-0.25, -0.2) is 0 Å². The van der Waals surface area contributed by atoms with E-state index in [0.29, 0.717) is 6.54 Å². The van der Waals surface area contributed by atoms with Gasteiger partial charge in [0.2, 0.25) is 11.8 Å². The molecule has 1 N–H and O–H groups in total. The number of benzene rings is 1. The van der Waals surface area contributed by atoms with Crippen LogP contribution in [0.25, 0.3) is 0 Å². The normalized spacial score (nSPS) is 14.9. The Morgan fingerprint density at radius 2 is 1.85 bits per heavy atom. The van der Waals surface area contributed by atoms with Crippen molar-refractivity contribution in [2.24, 2.45) is 11.8 Å². The third-order valence-corrected chi connectivity index (χ3v) is 5.02. The molecule has 1 atom stereocenters. The van der Waals surface area contributed by atoms with Crippen LogP contribution >= 0.6 is 0 Å². The van der Waals surface area contributed by atoms with E-state index in [4.69, 9.17) is 0 Å². The van der Waals surface area contributed by atoms with Gasteiger partial charge in [0.15, 0.2) is 0 Å². The molecule has 0 aromatic heterocycles. The summed E-state index contributed by atoms with van der Waals surface area (Å²) < 4.78 is 0. The third-order valence-electron chi connectivity index (χ3n) is 5.02. The molecule has 0 spiro atoms. The molecular weight excluding hydrogens is 326 g/mol. The lowest BCUT2D eigenvalue weighted by Gasteiger charge is -2.32. The highest BCUT2D eigenvalue weighted by Crippen LogP contribution is 2.31. The molecule has 1 aromatic carbocycles. The van der Waals surface area contributed by atoms with Gasteiger partial charge in [-0.05, 0) is 49.9 Å². The Balaban J connectivity index is 2.30. The van der Waals surface area contributed by atoms with Crippen LogP contribution in [0.15, 0.2) is 18.2 Å². The van der Waals surface area contributed by atoms with Crippen molar-refractivity contribution >= 4 is 23.2 Å². The summed E-state index contributed by atoms with van der Waals surface area (Å²) in [6.07, 6.45) is 2.88. The van der Waals surface area contributed by atoms with E-state index in [-0.39, 0.29) is 29.7 Å². The minimum Gasteiger partial charge on any atom is -0.377 e. The lowest BCUT2D eigenvalue weighted by molar-refractivity contribution is -0.137. The van der Waals surface area contributed by atoms with Crippen LogP contribution in [0.1, 0.15) is 52.5 Å². The van der Waals surface area contributed by atoms with Gasteiger partial charge in [-0.2, -0.15) is 0 Å². The Kier molecular flexibility index (Phi) is 6.68. The maximum absolute atomic E-state index is 12.7. The number of rotatable bonds is 8. The molecule has 1 saturated carbocycles. The van der Waals surface area contributed by atoms with Gasteiger partial charge in [0.25, 0.3) is 0 Å². The fourth-order valence-electron chi connectivity index (χ4n) is 3.00. The number of hydrogen-bond acceptors (Lipinski definition) is 3. The van der Waals surface area contributed by atoms with Gasteiger partial charge in [-0.3, -0.25) is 9.59 Å². The van der Waals surface area contributed by atoms with Crippen molar-refractivity contribution < 1.29 is 9.59 Å². The zero-order valence-electron chi connectivity index (χ0n) is 17.0. The molecule has 2 rings (SSSR count). The van der Waals surface area contributed by atoms with Gasteiger partial charge in [-0.1, -0.05) is 20.8 Å². The molecule has 0 heterocycles. The highest BCUT2D eigenvalue weighted by atomic mass is 16.2. The Morgan fingerprint density at radius 3 is 2.35 bits per heavy atom. The number of amides is 2. The molecule has 0 aliphatic heterocycles. The van der Waals surface area contributed by atoms with Gasteiger partial charge < -0.3 is 15.1 Å². The van der Waals surface area contributed by atoms with Gasteiger partial charge in [0.1, 0.15) is 0 Å². The standard InChI is InChI=1S/C21H33N3O2/c1-7-15(4)24(21(26)14(2)3)13-17-12-18(10-11-19(17)23(5)6)22-20(25)16-8-9-16/h10-12,14-16H,7-9,13H2,1-6H3,(H,22,25)/t15-/m1/s1. The molecule has 1 aromatic rings. The van der Waals surface area contributed by atoms with E-state index >= 15 is 0 Å². The molecule has 2 amide bonds. The van der Waals surface area contributed by atoms with Crippen LogP contribution < -0.4 is 10.2 Å². The molecule has 1 fully saturated rings. The third kappa shape index (κ3) is 4.99. The van der Waals surface area contributed by atoms with E-state index in [1.54, 1.807) is 0 Å². The zero-order chi connectivity index (χ0) is 19.4. The quantitative estimate of drug-likeness (QED) is 0.766. The summed E-state index contributed by atoms with van der Waals surface area (Å²) in [5.74, 6) is 0.401. The predicted octanol–water partition coefficient (Wildman–Crippen LogP) is 3.88. The van der Waals surface area contributed by atoms with Crippen LogP contribution in [0.2, 0.25) is 0 Å². The fourth-order valence-corrected chi connectivity index (χ4v) is 3.00. The molecule has 26 heavy (non-hydrogen) atoms. The average molecular weight is 360 g/mol. The summed E-state index contributed by atoms with van der Waals surface area (Å²) in [4.78, 5) is 28.8. The summed E-state index contributed by atoms with van der Waals surface area (Å²) >= 11 is 0.